The van der Waals surface area contributed by atoms with Crippen molar-refractivity contribution in [3.8, 4) is 5.69 Å². The zero-order chi connectivity index (χ0) is 20.1. The number of hydrogen-bond donors (Lipinski definition) is 0. The lowest BCUT2D eigenvalue weighted by Gasteiger charge is -2.24. The van der Waals surface area contributed by atoms with Crippen LogP contribution in [0.1, 0.15) is 24.0 Å². The van der Waals surface area contributed by atoms with Gasteiger partial charge in [0.2, 0.25) is 5.91 Å². The first-order valence-electron chi connectivity index (χ1n) is 10.1. The Balaban J connectivity index is 1.41. The van der Waals surface area contributed by atoms with E-state index in [1.54, 1.807) is 21.9 Å². The molecule has 0 spiro atoms. The second-order valence-corrected chi connectivity index (χ2v) is 7.40. The first-order valence-corrected chi connectivity index (χ1v) is 10.1. The number of amides is 1. The number of rotatable bonds is 6. The van der Waals surface area contributed by atoms with Crippen molar-refractivity contribution >= 4 is 17.7 Å². The summed E-state index contributed by atoms with van der Waals surface area (Å²) >= 11 is 0. The van der Waals surface area contributed by atoms with E-state index in [2.05, 4.69) is 28.2 Å². The highest BCUT2D eigenvalue weighted by atomic mass is 16.2. The van der Waals surface area contributed by atoms with E-state index in [0.717, 1.165) is 24.3 Å². The molecule has 0 radical (unpaired) electrons. The van der Waals surface area contributed by atoms with Crippen LogP contribution in [0.2, 0.25) is 0 Å². The molecule has 5 heteroatoms. The maximum atomic E-state index is 12.6. The molecule has 148 valence electrons. The van der Waals surface area contributed by atoms with E-state index in [1.807, 2.05) is 55.7 Å². The minimum Gasteiger partial charge on any atom is -0.371 e. The van der Waals surface area contributed by atoms with Crippen LogP contribution in [-0.4, -0.2) is 40.7 Å². The third-order valence-electron chi connectivity index (χ3n) is 5.26. The molecule has 1 amide bonds. The van der Waals surface area contributed by atoms with Gasteiger partial charge in [0, 0.05) is 50.2 Å². The lowest BCUT2D eigenvalue weighted by Crippen LogP contribution is -2.26. The van der Waals surface area contributed by atoms with E-state index in [-0.39, 0.29) is 5.91 Å². The van der Waals surface area contributed by atoms with Crippen molar-refractivity contribution in [1.29, 1.82) is 0 Å². The maximum Gasteiger partial charge on any atom is 0.246 e. The van der Waals surface area contributed by atoms with Gasteiger partial charge in [-0.05, 0) is 42.7 Å². The largest absolute Gasteiger partial charge is 0.371 e. The minimum absolute atomic E-state index is 0.0197. The summed E-state index contributed by atoms with van der Waals surface area (Å²) in [7, 11) is 1.85. The Kier molecular flexibility index (Phi) is 5.75. The van der Waals surface area contributed by atoms with Gasteiger partial charge in [0.25, 0.3) is 0 Å². The van der Waals surface area contributed by atoms with Crippen molar-refractivity contribution in [2.24, 2.45) is 0 Å². The lowest BCUT2D eigenvalue weighted by molar-refractivity contribution is -0.125. The summed E-state index contributed by atoms with van der Waals surface area (Å²) in [6, 6.07) is 18.3. The molecule has 29 heavy (non-hydrogen) atoms. The number of anilines is 1. The zero-order valence-electron chi connectivity index (χ0n) is 16.7. The van der Waals surface area contributed by atoms with E-state index in [4.69, 9.17) is 0 Å². The first-order chi connectivity index (χ1) is 14.2. The number of hydrogen-bond acceptors (Lipinski definition) is 3. The second-order valence-electron chi connectivity index (χ2n) is 7.40. The standard InChI is InChI=1S/C24H26N4O/c1-26(19-21-9-5-6-12-23(21)27-15-7-8-16-27)24(29)14-13-20-17-25-28(18-20)22-10-3-2-4-11-22/h2-6,9-14,17-18H,7-8,15-16,19H2,1H3. The smallest absolute Gasteiger partial charge is 0.246 e. The van der Waals surface area contributed by atoms with Gasteiger partial charge in [-0.3, -0.25) is 4.79 Å². The van der Waals surface area contributed by atoms with Crippen LogP contribution in [0.4, 0.5) is 5.69 Å². The SMILES string of the molecule is CN(Cc1ccccc1N1CCCC1)C(=O)C=Cc1cnn(-c2ccccc2)c1. The Bertz CT molecular complexity index is 987. The molecule has 0 bridgehead atoms. The Morgan fingerprint density at radius 1 is 1.07 bits per heavy atom. The predicted molar refractivity (Wildman–Crippen MR) is 117 cm³/mol. The monoisotopic (exact) mass is 386 g/mol. The number of benzene rings is 2. The molecule has 4 rings (SSSR count). The zero-order valence-corrected chi connectivity index (χ0v) is 16.7. The predicted octanol–water partition coefficient (Wildman–Crippen LogP) is 4.14. The van der Waals surface area contributed by atoms with Gasteiger partial charge in [-0.25, -0.2) is 4.68 Å². The van der Waals surface area contributed by atoms with Crippen molar-refractivity contribution in [3.63, 3.8) is 0 Å². The van der Waals surface area contributed by atoms with Gasteiger partial charge in [0.1, 0.15) is 0 Å². The summed E-state index contributed by atoms with van der Waals surface area (Å²) in [5.74, 6) is -0.0197. The highest BCUT2D eigenvalue weighted by Crippen LogP contribution is 2.25. The summed E-state index contributed by atoms with van der Waals surface area (Å²) in [6.07, 6.45) is 9.59. The van der Waals surface area contributed by atoms with Gasteiger partial charge >= 0.3 is 0 Å². The summed E-state index contributed by atoms with van der Waals surface area (Å²) in [5, 5.41) is 4.37. The molecule has 1 fully saturated rings. The fraction of sp³-hybridized carbons (Fsp3) is 0.250. The molecule has 0 atom stereocenters. The fourth-order valence-electron chi connectivity index (χ4n) is 3.68. The molecule has 2 heterocycles. The molecule has 3 aromatic rings. The van der Waals surface area contributed by atoms with Crippen molar-refractivity contribution < 1.29 is 4.79 Å². The topological polar surface area (TPSA) is 41.4 Å². The first kappa shape index (κ1) is 19.0. The Morgan fingerprint density at radius 3 is 2.59 bits per heavy atom. The molecule has 0 N–H and O–H groups in total. The molecule has 1 aliphatic heterocycles. The van der Waals surface area contributed by atoms with Crippen LogP contribution in [0, 0.1) is 0 Å². The second kappa shape index (κ2) is 8.78. The number of nitrogens with zero attached hydrogens (tertiary/aromatic N) is 4. The van der Waals surface area contributed by atoms with Crippen molar-refractivity contribution in [2.45, 2.75) is 19.4 Å². The number of aromatic nitrogens is 2. The van der Waals surface area contributed by atoms with Gasteiger partial charge in [0.15, 0.2) is 0 Å². The van der Waals surface area contributed by atoms with Gasteiger partial charge in [-0.2, -0.15) is 5.10 Å². The maximum absolute atomic E-state index is 12.6. The Hall–Kier alpha value is -3.34. The quantitative estimate of drug-likeness (QED) is 0.598. The van der Waals surface area contributed by atoms with Gasteiger partial charge in [-0.15, -0.1) is 0 Å². The van der Waals surface area contributed by atoms with Gasteiger partial charge < -0.3 is 9.80 Å². The van der Waals surface area contributed by atoms with Crippen LogP contribution in [-0.2, 0) is 11.3 Å². The molecule has 0 saturated carbocycles. The number of carbonyl (C=O) groups excluding carboxylic acids is 1. The van der Waals surface area contributed by atoms with Crippen LogP contribution in [0.15, 0.2) is 73.1 Å². The third-order valence-corrected chi connectivity index (χ3v) is 5.26. The molecule has 0 aliphatic carbocycles. The molecular formula is C24H26N4O. The summed E-state index contributed by atoms with van der Waals surface area (Å²) in [4.78, 5) is 16.8. The van der Waals surface area contributed by atoms with Crippen LogP contribution < -0.4 is 4.90 Å². The molecule has 5 nitrogen and oxygen atoms in total. The average molecular weight is 386 g/mol. The van der Waals surface area contributed by atoms with E-state index >= 15 is 0 Å². The molecule has 1 aromatic heterocycles. The van der Waals surface area contributed by atoms with E-state index in [9.17, 15) is 4.79 Å². The fourth-order valence-corrected chi connectivity index (χ4v) is 3.68. The Morgan fingerprint density at radius 2 is 1.79 bits per heavy atom. The Labute approximate surface area is 171 Å². The van der Waals surface area contributed by atoms with E-state index < -0.39 is 0 Å². The van der Waals surface area contributed by atoms with Gasteiger partial charge in [-0.1, -0.05) is 36.4 Å². The number of para-hydroxylation sites is 2. The van der Waals surface area contributed by atoms with Crippen LogP contribution in [0.5, 0.6) is 0 Å². The average Bonchev–Trinajstić information content (AvgIpc) is 3.45. The van der Waals surface area contributed by atoms with Crippen molar-refractivity contribution in [2.75, 3.05) is 25.0 Å². The van der Waals surface area contributed by atoms with Crippen LogP contribution in [0.3, 0.4) is 0 Å². The molecule has 0 unspecified atom stereocenters. The summed E-state index contributed by atoms with van der Waals surface area (Å²) in [5.41, 5.74) is 4.33. The number of likely N-dealkylation sites (N-methyl/N-ethyl adjacent to an activating group) is 1. The highest BCUT2D eigenvalue weighted by molar-refractivity contribution is 5.91. The number of carbonyl (C=O) groups is 1. The minimum atomic E-state index is -0.0197. The molecule has 1 aliphatic rings. The van der Waals surface area contributed by atoms with Crippen molar-refractivity contribution in [3.05, 3.63) is 84.2 Å². The molecule has 1 saturated heterocycles. The normalized spacial score (nSPS) is 13.9. The van der Waals surface area contributed by atoms with E-state index in [1.165, 1.54) is 24.1 Å². The molecular weight excluding hydrogens is 360 g/mol. The lowest BCUT2D eigenvalue weighted by atomic mass is 10.1. The van der Waals surface area contributed by atoms with Crippen LogP contribution in [0.25, 0.3) is 11.8 Å². The van der Waals surface area contributed by atoms with Gasteiger partial charge in [0.05, 0.1) is 11.9 Å². The van der Waals surface area contributed by atoms with Crippen LogP contribution >= 0.6 is 0 Å². The third kappa shape index (κ3) is 4.57. The van der Waals surface area contributed by atoms with Crippen molar-refractivity contribution in [1.82, 2.24) is 14.7 Å². The highest BCUT2D eigenvalue weighted by Gasteiger charge is 2.17. The molecule has 2 aromatic carbocycles. The summed E-state index contributed by atoms with van der Waals surface area (Å²) in [6.45, 7) is 2.79. The summed E-state index contributed by atoms with van der Waals surface area (Å²) < 4.78 is 1.81. The van der Waals surface area contributed by atoms with E-state index in [0.29, 0.717) is 6.54 Å².